The molecule has 1 atom stereocenters. The van der Waals surface area contributed by atoms with E-state index in [-0.39, 0.29) is 5.91 Å². The van der Waals surface area contributed by atoms with Gasteiger partial charge in [0, 0.05) is 34.3 Å². The van der Waals surface area contributed by atoms with Crippen molar-refractivity contribution >= 4 is 51.7 Å². The summed E-state index contributed by atoms with van der Waals surface area (Å²) in [6.45, 7) is 0. The quantitative estimate of drug-likeness (QED) is 0.359. The zero-order chi connectivity index (χ0) is 21.3. The molecule has 0 saturated heterocycles. The molecular formula is C21H17N3O4S2. The number of hydrogen-bond donors (Lipinski definition) is 3. The van der Waals surface area contributed by atoms with Crippen molar-refractivity contribution in [3.8, 4) is 0 Å². The summed E-state index contributed by atoms with van der Waals surface area (Å²) in [6, 6.07) is 16.4. The molecule has 0 spiro atoms. The number of hydrogen-bond acceptors (Lipinski definition) is 6. The second-order valence-electron chi connectivity index (χ2n) is 5.92. The minimum absolute atomic E-state index is 0.183. The molecule has 0 aliphatic rings. The van der Waals surface area contributed by atoms with E-state index in [0.717, 1.165) is 22.6 Å². The Morgan fingerprint density at radius 2 is 1.73 bits per heavy atom. The van der Waals surface area contributed by atoms with Crippen LogP contribution in [-0.2, 0) is 14.4 Å². The lowest BCUT2D eigenvalue weighted by atomic mass is 10.1. The molecule has 0 saturated carbocycles. The van der Waals surface area contributed by atoms with Crippen LogP contribution in [0.1, 0.15) is 10.8 Å². The topological polar surface area (TPSA) is 108 Å². The maximum Gasteiger partial charge on any atom is 0.328 e. The fourth-order valence-corrected chi connectivity index (χ4v) is 4.00. The molecule has 152 valence electrons. The highest BCUT2D eigenvalue weighted by Gasteiger charge is 2.22. The number of benzene rings is 2. The minimum atomic E-state index is -1.19. The largest absolute Gasteiger partial charge is 0.478 e. The van der Waals surface area contributed by atoms with Crippen LogP contribution in [0.2, 0.25) is 0 Å². The van der Waals surface area contributed by atoms with E-state index in [2.05, 4.69) is 15.6 Å². The monoisotopic (exact) mass is 439 g/mol. The predicted molar refractivity (Wildman–Crippen MR) is 118 cm³/mol. The second-order valence-corrected chi connectivity index (χ2v) is 7.99. The first-order valence-electron chi connectivity index (χ1n) is 8.75. The van der Waals surface area contributed by atoms with Crippen LogP contribution in [0.25, 0.3) is 0 Å². The zero-order valence-corrected chi connectivity index (χ0v) is 17.2. The van der Waals surface area contributed by atoms with Crippen molar-refractivity contribution < 1.29 is 19.5 Å². The van der Waals surface area contributed by atoms with E-state index in [1.54, 1.807) is 35.8 Å². The van der Waals surface area contributed by atoms with Crippen molar-refractivity contribution in [2.45, 2.75) is 10.1 Å². The van der Waals surface area contributed by atoms with Crippen molar-refractivity contribution in [2.75, 3.05) is 10.6 Å². The highest BCUT2D eigenvalue weighted by atomic mass is 32.2. The number of aromatic nitrogens is 1. The van der Waals surface area contributed by atoms with Crippen LogP contribution in [0.3, 0.4) is 0 Å². The van der Waals surface area contributed by atoms with E-state index in [1.165, 1.54) is 23.1 Å². The maximum absolute atomic E-state index is 12.9. The molecular weight excluding hydrogens is 422 g/mol. The van der Waals surface area contributed by atoms with E-state index >= 15 is 0 Å². The van der Waals surface area contributed by atoms with E-state index in [9.17, 15) is 14.4 Å². The Morgan fingerprint density at radius 3 is 2.37 bits per heavy atom. The normalized spacial score (nSPS) is 11.7. The molecule has 0 fully saturated rings. The Morgan fingerprint density at radius 1 is 1.00 bits per heavy atom. The number of aliphatic carboxylic acids is 1. The summed E-state index contributed by atoms with van der Waals surface area (Å²) in [6.07, 6.45) is 3.34. The second kappa shape index (κ2) is 10.4. The molecule has 1 aromatic heterocycles. The van der Waals surface area contributed by atoms with Gasteiger partial charge in [0.05, 0.1) is 0 Å². The molecule has 1 heterocycles. The van der Waals surface area contributed by atoms with Crippen molar-refractivity contribution in [1.82, 2.24) is 4.98 Å². The Hall–Kier alpha value is -3.43. The van der Waals surface area contributed by atoms with E-state index in [4.69, 9.17) is 5.11 Å². The number of thioether (sulfide) groups is 1. The Balaban J connectivity index is 1.72. The first-order valence-corrected chi connectivity index (χ1v) is 10.5. The Bertz CT molecular complexity index is 1040. The van der Waals surface area contributed by atoms with Gasteiger partial charge in [-0.05, 0) is 29.8 Å². The highest BCUT2D eigenvalue weighted by Crippen LogP contribution is 2.36. The average Bonchev–Trinajstić information content (AvgIpc) is 3.25. The highest BCUT2D eigenvalue weighted by molar-refractivity contribution is 8.00. The summed E-state index contributed by atoms with van der Waals surface area (Å²) in [5.41, 5.74) is 1.37. The number of carbonyl (C=O) groups excluding carboxylic acids is 2. The molecule has 9 heteroatoms. The molecule has 0 aliphatic heterocycles. The molecule has 3 N–H and O–H groups in total. The molecule has 2 aromatic carbocycles. The molecule has 0 radical (unpaired) electrons. The van der Waals surface area contributed by atoms with Gasteiger partial charge in [-0.3, -0.25) is 9.59 Å². The van der Waals surface area contributed by atoms with Gasteiger partial charge in [0.15, 0.2) is 5.13 Å². The Labute approximate surface area is 180 Å². The first-order chi connectivity index (χ1) is 14.5. The van der Waals surface area contributed by atoms with Gasteiger partial charge < -0.3 is 15.7 Å². The number of nitrogens with one attached hydrogen (secondary N) is 2. The lowest BCUT2D eigenvalue weighted by Crippen LogP contribution is -2.18. The molecule has 1 unspecified atom stereocenters. The third-order valence-electron chi connectivity index (χ3n) is 3.76. The molecule has 7 nitrogen and oxygen atoms in total. The van der Waals surface area contributed by atoms with E-state index in [0.29, 0.717) is 10.8 Å². The van der Waals surface area contributed by atoms with E-state index < -0.39 is 17.1 Å². The lowest BCUT2D eigenvalue weighted by molar-refractivity contribution is -0.131. The molecule has 2 amide bonds. The number of nitrogens with zero attached hydrogens (tertiary/aromatic N) is 1. The number of carboxylic acids is 1. The van der Waals surface area contributed by atoms with Gasteiger partial charge in [-0.1, -0.05) is 30.3 Å². The van der Waals surface area contributed by atoms with Gasteiger partial charge >= 0.3 is 5.97 Å². The Kier molecular flexibility index (Phi) is 7.36. The average molecular weight is 440 g/mol. The van der Waals surface area contributed by atoms with Crippen molar-refractivity contribution in [3.63, 3.8) is 0 Å². The van der Waals surface area contributed by atoms with Crippen LogP contribution in [0, 0.1) is 0 Å². The third kappa shape index (κ3) is 6.29. The molecule has 3 aromatic rings. The van der Waals surface area contributed by atoms with Crippen LogP contribution in [0.5, 0.6) is 0 Å². The fourth-order valence-electron chi connectivity index (χ4n) is 2.44. The van der Waals surface area contributed by atoms with Gasteiger partial charge in [0.2, 0.25) is 11.8 Å². The number of carboxylic acid groups (broad SMARTS) is 1. The molecule has 0 aliphatic carbocycles. The number of anilines is 2. The summed E-state index contributed by atoms with van der Waals surface area (Å²) >= 11 is 2.72. The predicted octanol–water partition coefficient (Wildman–Crippen LogP) is 4.19. The van der Waals surface area contributed by atoms with Crippen molar-refractivity contribution in [2.24, 2.45) is 0 Å². The van der Waals surface area contributed by atoms with Gasteiger partial charge in [0.1, 0.15) is 5.25 Å². The van der Waals surface area contributed by atoms with E-state index in [1.807, 2.05) is 30.3 Å². The maximum atomic E-state index is 12.9. The smallest absolute Gasteiger partial charge is 0.328 e. The van der Waals surface area contributed by atoms with Crippen LogP contribution < -0.4 is 10.6 Å². The summed E-state index contributed by atoms with van der Waals surface area (Å²) < 4.78 is 0. The number of thiazole rings is 1. The standard InChI is InChI=1S/C21H17N3O4S2/c25-17(10-11-18(26)27)23-15-6-8-16(9-7-15)30-19(14-4-2-1-3-5-14)20(28)24-21-22-12-13-29-21/h1-13,19H,(H,23,25)(H,26,27)(H,22,24,28)/b11-10+. The van der Waals surface area contributed by atoms with Gasteiger partial charge in [0.25, 0.3) is 0 Å². The summed E-state index contributed by atoms with van der Waals surface area (Å²) in [4.78, 5) is 40.0. The lowest BCUT2D eigenvalue weighted by Gasteiger charge is -2.16. The number of rotatable bonds is 8. The molecule has 3 rings (SSSR count). The third-order valence-corrected chi connectivity index (χ3v) is 5.71. The minimum Gasteiger partial charge on any atom is -0.478 e. The molecule has 30 heavy (non-hydrogen) atoms. The summed E-state index contributed by atoms with van der Waals surface area (Å²) in [5.74, 6) is -1.92. The van der Waals surface area contributed by atoms with Gasteiger partial charge in [-0.25, -0.2) is 9.78 Å². The first kappa shape index (κ1) is 21.3. The van der Waals surface area contributed by atoms with Crippen LogP contribution in [-0.4, -0.2) is 27.9 Å². The van der Waals surface area contributed by atoms with Gasteiger partial charge in [-0.15, -0.1) is 23.1 Å². The van der Waals surface area contributed by atoms with Gasteiger partial charge in [-0.2, -0.15) is 0 Å². The van der Waals surface area contributed by atoms with Crippen LogP contribution in [0.15, 0.2) is 83.2 Å². The SMILES string of the molecule is O=C(O)/C=C/C(=O)Nc1ccc(SC(C(=O)Nc2nccs2)c2ccccc2)cc1. The van der Waals surface area contributed by atoms with Crippen LogP contribution in [0.4, 0.5) is 10.8 Å². The van der Waals surface area contributed by atoms with Crippen molar-refractivity contribution in [3.05, 3.63) is 83.9 Å². The number of amides is 2. The summed E-state index contributed by atoms with van der Waals surface area (Å²) in [5, 5.41) is 15.8. The number of carbonyl (C=O) groups is 3. The summed E-state index contributed by atoms with van der Waals surface area (Å²) in [7, 11) is 0. The molecule has 0 bridgehead atoms. The van der Waals surface area contributed by atoms with Crippen molar-refractivity contribution in [1.29, 1.82) is 0 Å². The fraction of sp³-hybridized carbons (Fsp3) is 0.0476. The zero-order valence-electron chi connectivity index (χ0n) is 15.5. The van der Waals surface area contributed by atoms with Crippen LogP contribution >= 0.6 is 23.1 Å².